The van der Waals surface area contributed by atoms with E-state index in [2.05, 4.69) is 10.6 Å². The summed E-state index contributed by atoms with van der Waals surface area (Å²) in [6, 6.07) is 13.2. The van der Waals surface area contributed by atoms with Gasteiger partial charge in [-0.2, -0.15) is 0 Å². The highest BCUT2D eigenvalue weighted by atomic mass is 16.5. The number of unbranched alkanes of at least 4 members (excludes halogenated alkanes) is 1. The van der Waals surface area contributed by atoms with Crippen molar-refractivity contribution in [1.82, 2.24) is 15.2 Å². The van der Waals surface area contributed by atoms with Crippen LogP contribution in [0.4, 0.5) is 0 Å². The van der Waals surface area contributed by atoms with Crippen molar-refractivity contribution >= 4 is 5.96 Å². The van der Waals surface area contributed by atoms with Gasteiger partial charge in [-0.15, -0.1) is 0 Å². The topological polar surface area (TPSA) is 76.9 Å². The first kappa shape index (κ1) is 23.5. The van der Waals surface area contributed by atoms with Gasteiger partial charge in [-0.25, -0.2) is 4.99 Å². The number of benzene rings is 1. The Balaban J connectivity index is 1.80. The summed E-state index contributed by atoms with van der Waals surface area (Å²) in [5.41, 5.74) is 1.16. The molecule has 0 atom stereocenters. The van der Waals surface area contributed by atoms with E-state index < -0.39 is 0 Å². The van der Waals surface area contributed by atoms with Crippen molar-refractivity contribution in [2.24, 2.45) is 4.99 Å². The summed E-state index contributed by atoms with van der Waals surface area (Å²) in [5, 5.41) is 6.76. The van der Waals surface area contributed by atoms with E-state index in [0.29, 0.717) is 6.54 Å². The normalized spacial score (nSPS) is 11.3. The van der Waals surface area contributed by atoms with Gasteiger partial charge in [0.2, 0.25) is 5.56 Å². The minimum Gasteiger partial charge on any atom is -0.497 e. The number of nitrogens with one attached hydrogen (secondary N) is 2. The molecule has 1 aromatic carbocycles. The van der Waals surface area contributed by atoms with Gasteiger partial charge in [-0.3, -0.25) is 4.79 Å². The quantitative estimate of drug-likeness (QED) is 0.299. The number of hydrogen-bond donors (Lipinski definition) is 2. The molecule has 0 unspecified atom stereocenters. The van der Waals surface area contributed by atoms with Gasteiger partial charge in [0.25, 0.3) is 0 Å². The molecule has 1 heterocycles. The fourth-order valence-electron chi connectivity index (χ4n) is 2.86. The summed E-state index contributed by atoms with van der Waals surface area (Å²) < 4.78 is 12.3. The molecule has 2 N–H and O–H groups in total. The SMILES string of the molecule is CCOCCCNC(=NCc1ccc(OC)cc1)NCCCCn1ccccc1=O. The van der Waals surface area contributed by atoms with Gasteiger partial charge in [-0.05, 0) is 49.9 Å². The number of aryl methyl sites for hydroxylation is 1. The molecular formula is C23H34N4O3. The van der Waals surface area contributed by atoms with Crippen molar-refractivity contribution in [1.29, 1.82) is 0 Å². The average Bonchev–Trinajstić information content (AvgIpc) is 2.78. The molecule has 0 aliphatic rings. The number of hydrogen-bond acceptors (Lipinski definition) is 4. The van der Waals surface area contributed by atoms with Crippen LogP contribution >= 0.6 is 0 Å². The number of aliphatic imine (C=N–C) groups is 1. The molecule has 0 saturated carbocycles. The summed E-state index contributed by atoms with van der Waals surface area (Å²) >= 11 is 0. The second kappa shape index (κ2) is 14.2. The number of aromatic nitrogens is 1. The van der Waals surface area contributed by atoms with E-state index in [-0.39, 0.29) is 5.56 Å². The zero-order valence-electron chi connectivity index (χ0n) is 18.1. The molecule has 0 aliphatic heterocycles. The van der Waals surface area contributed by atoms with Gasteiger partial charge in [0, 0.05) is 45.1 Å². The minimum atomic E-state index is 0.0446. The van der Waals surface area contributed by atoms with E-state index >= 15 is 0 Å². The third-order valence-corrected chi connectivity index (χ3v) is 4.56. The molecule has 164 valence electrons. The van der Waals surface area contributed by atoms with Crippen molar-refractivity contribution < 1.29 is 9.47 Å². The summed E-state index contributed by atoms with van der Waals surface area (Å²) in [7, 11) is 1.66. The van der Waals surface area contributed by atoms with Gasteiger partial charge in [-0.1, -0.05) is 18.2 Å². The number of pyridine rings is 1. The lowest BCUT2D eigenvalue weighted by molar-refractivity contribution is 0.145. The molecule has 0 bridgehead atoms. The maximum Gasteiger partial charge on any atom is 0.250 e. The highest BCUT2D eigenvalue weighted by molar-refractivity contribution is 5.79. The smallest absolute Gasteiger partial charge is 0.250 e. The van der Waals surface area contributed by atoms with Gasteiger partial charge in [0.1, 0.15) is 5.75 Å². The Hall–Kier alpha value is -2.80. The van der Waals surface area contributed by atoms with E-state index in [1.54, 1.807) is 23.8 Å². The zero-order valence-corrected chi connectivity index (χ0v) is 18.1. The van der Waals surface area contributed by atoms with Crippen LogP contribution in [0.3, 0.4) is 0 Å². The fraction of sp³-hybridized carbons (Fsp3) is 0.478. The highest BCUT2D eigenvalue weighted by Crippen LogP contribution is 2.11. The van der Waals surface area contributed by atoms with Crippen LogP contribution in [0.1, 0.15) is 31.7 Å². The first-order valence-electron chi connectivity index (χ1n) is 10.6. The second-order valence-electron chi connectivity index (χ2n) is 6.86. The fourth-order valence-corrected chi connectivity index (χ4v) is 2.86. The first-order chi connectivity index (χ1) is 14.7. The summed E-state index contributed by atoms with van der Waals surface area (Å²) in [6.45, 7) is 6.38. The molecule has 0 radical (unpaired) electrons. The molecule has 0 spiro atoms. The molecule has 30 heavy (non-hydrogen) atoms. The van der Waals surface area contributed by atoms with Crippen LogP contribution in [0.25, 0.3) is 0 Å². The Morgan fingerprint density at radius 2 is 1.80 bits per heavy atom. The lowest BCUT2D eigenvalue weighted by Crippen LogP contribution is -2.38. The van der Waals surface area contributed by atoms with Crippen LogP contribution in [0.2, 0.25) is 0 Å². The van der Waals surface area contributed by atoms with E-state index in [1.165, 1.54) is 0 Å². The predicted octanol–water partition coefficient (Wildman–Crippen LogP) is 2.80. The summed E-state index contributed by atoms with van der Waals surface area (Å²) in [5.74, 6) is 1.63. The van der Waals surface area contributed by atoms with Crippen LogP contribution in [-0.2, 0) is 17.8 Å². The molecule has 0 saturated heterocycles. The minimum absolute atomic E-state index is 0.0446. The molecule has 7 heteroatoms. The summed E-state index contributed by atoms with van der Waals surface area (Å²) in [6.07, 6.45) is 4.63. The van der Waals surface area contributed by atoms with E-state index in [1.807, 2.05) is 43.5 Å². The number of rotatable bonds is 13. The molecule has 2 rings (SSSR count). The second-order valence-corrected chi connectivity index (χ2v) is 6.86. The van der Waals surface area contributed by atoms with Gasteiger partial charge in [0.05, 0.1) is 13.7 Å². The van der Waals surface area contributed by atoms with E-state index in [4.69, 9.17) is 14.5 Å². The molecule has 0 amide bonds. The monoisotopic (exact) mass is 414 g/mol. The Kier molecular flexibility index (Phi) is 11.1. The molecular weight excluding hydrogens is 380 g/mol. The molecule has 0 aliphatic carbocycles. The molecule has 1 aromatic heterocycles. The number of guanidine groups is 1. The van der Waals surface area contributed by atoms with Crippen LogP contribution in [0.15, 0.2) is 58.4 Å². The lowest BCUT2D eigenvalue weighted by Gasteiger charge is -2.13. The van der Waals surface area contributed by atoms with Crippen molar-refractivity contribution in [2.75, 3.05) is 33.4 Å². The molecule has 0 fully saturated rings. The Morgan fingerprint density at radius 3 is 2.50 bits per heavy atom. The molecule has 7 nitrogen and oxygen atoms in total. The largest absolute Gasteiger partial charge is 0.497 e. The average molecular weight is 415 g/mol. The maximum absolute atomic E-state index is 11.7. The van der Waals surface area contributed by atoms with Crippen molar-refractivity contribution in [3.63, 3.8) is 0 Å². The number of methoxy groups -OCH3 is 1. The van der Waals surface area contributed by atoms with Gasteiger partial charge >= 0.3 is 0 Å². The van der Waals surface area contributed by atoms with Crippen LogP contribution in [-0.4, -0.2) is 43.9 Å². The zero-order chi connectivity index (χ0) is 21.4. The standard InChI is InChI=1S/C23H34N4O3/c1-3-30-18-8-15-25-23(26-19-20-10-12-21(29-2)13-11-20)24-14-5-7-17-27-16-6-4-9-22(27)28/h4,6,9-13,16H,3,5,7-8,14-15,17-19H2,1-2H3,(H2,24,25,26). The third kappa shape index (κ3) is 9.13. The van der Waals surface area contributed by atoms with Gasteiger partial charge < -0.3 is 24.7 Å². The highest BCUT2D eigenvalue weighted by Gasteiger charge is 2.00. The van der Waals surface area contributed by atoms with E-state index in [0.717, 1.165) is 69.4 Å². The maximum atomic E-state index is 11.7. The van der Waals surface area contributed by atoms with E-state index in [9.17, 15) is 4.79 Å². The third-order valence-electron chi connectivity index (χ3n) is 4.56. The molecule has 2 aromatic rings. The van der Waals surface area contributed by atoms with Gasteiger partial charge in [0.15, 0.2) is 5.96 Å². The Labute approximate surface area is 179 Å². The Bertz CT molecular complexity index is 803. The van der Waals surface area contributed by atoms with Crippen LogP contribution in [0.5, 0.6) is 5.75 Å². The number of nitrogens with zero attached hydrogens (tertiary/aromatic N) is 2. The van der Waals surface area contributed by atoms with Crippen molar-refractivity contribution in [3.8, 4) is 5.75 Å². The summed E-state index contributed by atoms with van der Waals surface area (Å²) in [4.78, 5) is 16.4. The van der Waals surface area contributed by atoms with Crippen LogP contribution in [0, 0.1) is 0 Å². The number of ether oxygens (including phenoxy) is 2. The van der Waals surface area contributed by atoms with Crippen LogP contribution < -0.4 is 20.9 Å². The van der Waals surface area contributed by atoms with Crippen molar-refractivity contribution in [3.05, 3.63) is 64.6 Å². The first-order valence-corrected chi connectivity index (χ1v) is 10.6. The predicted molar refractivity (Wildman–Crippen MR) is 121 cm³/mol. The van der Waals surface area contributed by atoms with Crippen molar-refractivity contribution in [2.45, 2.75) is 39.3 Å². The lowest BCUT2D eigenvalue weighted by atomic mass is 10.2. The Morgan fingerprint density at radius 1 is 1.03 bits per heavy atom.